The molecule has 1 rings (SSSR count). The Balaban J connectivity index is 2.72. The lowest BCUT2D eigenvalue weighted by atomic mass is 10.3. The van der Waals surface area contributed by atoms with Crippen molar-refractivity contribution in [2.75, 3.05) is 7.11 Å². The zero-order chi connectivity index (χ0) is 10.6. The highest BCUT2D eigenvalue weighted by atomic mass is 35.5. The van der Waals surface area contributed by atoms with Crippen LogP contribution < -0.4 is 4.74 Å². The smallest absolute Gasteiger partial charge is 0.199 e. The van der Waals surface area contributed by atoms with Gasteiger partial charge in [-0.25, -0.2) is 0 Å². The zero-order valence-corrected chi connectivity index (χ0v) is 9.60. The number of hydrogen-bond acceptors (Lipinski definition) is 2. The predicted molar refractivity (Wildman–Crippen MR) is 58.2 cm³/mol. The maximum absolute atomic E-state index is 5.83. The van der Waals surface area contributed by atoms with Crippen molar-refractivity contribution < 1.29 is 9.47 Å². The maximum Gasteiger partial charge on any atom is 0.199 e. The monoisotopic (exact) mass is 234 g/mol. The number of benzene rings is 1. The highest BCUT2D eigenvalue weighted by Gasteiger charge is 2.07. The summed E-state index contributed by atoms with van der Waals surface area (Å²) in [5, 5.41) is 1.000. The van der Waals surface area contributed by atoms with E-state index in [2.05, 4.69) is 0 Å². The summed E-state index contributed by atoms with van der Waals surface area (Å²) in [5.74, 6) is 0.660. The highest BCUT2D eigenvalue weighted by Crippen LogP contribution is 2.27. The first-order valence-electron chi connectivity index (χ1n) is 4.32. The van der Waals surface area contributed by atoms with Gasteiger partial charge in [0, 0.05) is 19.6 Å². The summed E-state index contributed by atoms with van der Waals surface area (Å²) in [4.78, 5) is 0. The van der Waals surface area contributed by atoms with E-state index in [4.69, 9.17) is 32.7 Å². The molecule has 2 nitrogen and oxygen atoms in total. The molecule has 0 bridgehead atoms. The van der Waals surface area contributed by atoms with Gasteiger partial charge >= 0.3 is 0 Å². The van der Waals surface area contributed by atoms with Gasteiger partial charge < -0.3 is 9.47 Å². The number of rotatable bonds is 4. The third-order valence-corrected chi connectivity index (χ3v) is 2.49. The number of hydrogen-bond donors (Lipinski definition) is 0. The Hall–Kier alpha value is -0.440. The highest BCUT2D eigenvalue weighted by molar-refractivity contribution is 6.42. The molecule has 4 heteroatoms. The molecule has 0 saturated heterocycles. The quantitative estimate of drug-likeness (QED) is 0.740. The summed E-state index contributed by atoms with van der Waals surface area (Å²) in [6.45, 7) is 1.98. The average molecular weight is 235 g/mol. The summed E-state index contributed by atoms with van der Waals surface area (Å²) in [6.07, 6.45) is 0.531. The van der Waals surface area contributed by atoms with Gasteiger partial charge in [-0.3, -0.25) is 0 Å². The summed E-state index contributed by atoms with van der Waals surface area (Å²) in [7, 11) is 1.60. The minimum atomic E-state index is -0.243. The molecule has 0 fully saturated rings. The molecular formula is C10H12Cl2O2. The molecule has 0 radical (unpaired) electrons. The van der Waals surface area contributed by atoms with Crippen molar-refractivity contribution in [3.05, 3.63) is 28.2 Å². The Morgan fingerprint density at radius 2 is 2.00 bits per heavy atom. The predicted octanol–water partition coefficient (Wildman–Crippen LogP) is 3.75. The fourth-order valence-electron chi connectivity index (χ4n) is 1.00. The van der Waals surface area contributed by atoms with Crippen LogP contribution in [0.3, 0.4) is 0 Å². The topological polar surface area (TPSA) is 18.5 Å². The van der Waals surface area contributed by atoms with Gasteiger partial charge in [0.15, 0.2) is 6.29 Å². The van der Waals surface area contributed by atoms with Gasteiger partial charge in [-0.15, -0.1) is 0 Å². The van der Waals surface area contributed by atoms with Gasteiger partial charge in [0.1, 0.15) is 5.75 Å². The van der Waals surface area contributed by atoms with Crippen LogP contribution in [0.25, 0.3) is 0 Å². The van der Waals surface area contributed by atoms with Crippen LogP contribution in [0, 0.1) is 0 Å². The Bertz CT molecular complexity index is 298. The van der Waals surface area contributed by atoms with Crippen molar-refractivity contribution >= 4 is 23.2 Å². The van der Waals surface area contributed by atoms with Crippen LogP contribution in [0.2, 0.25) is 10.0 Å². The minimum absolute atomic E-state index is 0.243. The van der Waals surface area contributed by atoms with Crippen molar-refractivity contribution in [3.8, 4) is 5.75 Å². The summed E-state index contributed by atoms with van der Waals surface area (Å²) in [6, 6.07) is 5.13. The van der Waals surface area contributed by atoms with Crippen LogP contribution >= 0.6 is 23.2 Å². The lowest BCUT2D eigenvalue weighted by molar-refractivity contribution is -0.0548. The molecule has 0 aliphatic heterocycles. The van der Waals surface area contributed by atoms with Gasteiger partial charge in [0.25, 0.3) is 0 Å². The molecule has 14 heavy (non-hydrogen) atoms. The molecule has 0 amide bonds. The average Bonchev–Trinajstić information content (AvgIpc) is 2.19. The summed E-state index contributed by atoms with van der Waals surface area (Å²) >= 11 is 11.6. The molecule has 0 spiro atoms. The van der Waals surface area contributed by atoms with Crippen LogP contribution in [0.4, 0.5) is 0 Å². The van der Waals surface area contributed by atoms with Gasteiger partial charge in [-0.05, 0) is 12.1 Å². The standard InChI is InChI=1S/C10H12Cl2O2/c1-3-10(13-2)14-7-4-5-8(11)9(12)6-7/h4-6,10H,3H2,1-2H3. The van der Waals surface area contributed by atoms with Gasteiger partial charge in [-0.1, -0.05) is 30.1 Å². The lowest BCUT2D eigenvalue weighted by Crippen LogP contribution is -2.17. The van der Waals surface area contributed by atoms with Gasteiger partial charge in [0.2, 0.25) is 0 Å². The second-order valence-corrected chi connectivity index (χ2v) is 3.58. The largest absolute Gasteiger partial charge is 0.465 e. The first-order valence-corrected chi connectivity index (χ1v) is 5.07. The number of methoxy groups -OCH3 is 1. The lowest BCUT2D eigenvalue weighted by Gasteiger charge is -2.15. The summed E-state index contributed by atoms with van der Waals surface area (Å²) in [5.41, 5.74) is 0. The molecule has 0 N–H and O–H groups in total. The van der Waals surface area contributed by atoms with Crippen molar-refractivity contribution in [3.63, 3.8) is 0 Å². The SMILES string of the molecule is CCC(OC)Oc1ccc(Cl)c(Cl)c1. The molecule has 78 valence electrons. The second-order valence-electron chi connectivity index (χ2n) is 2.77. The first kappa shape index (κ1) is 11.6. The Kier molecular flexibility index (Phi) is 4.52. The molecule has 1 atom stereocenters. The second kappa shape index (κ2) is 5.44. The Morgan fingerprint density at radius 1 is 1.29 bits per heavy atom. The van der Waals surface area contributed by atoms with E-state index in [1.54, 1.807) is 25.3 Å². The molecule has 0 saturated carbocycles. The zero-order valence-electron chi connectivity index (χ0n) is 8.09. The Morgan fingerprint density at radius 3 is 2.50 bits per heavy atom. The molecule has 0 heterocycles. The minimum Gasteiger partial charge on any atom is -0.465 e. The Labute approximate surface area is 93.7 Å². The third kappa shape index (κ3) is 3.05. The van der Waals surface area contributed by atoms with Gasteiger partial charge in [0.05, 0.1) is 10.0 Å². The van der Waals surface area contributed by atoms with Crippen LogP contribution in [0.5, 0.6) is 5.75 Å². The summed E-state index contributed by atoms with van der Waals surface area (Å²) < 4.78 is 10.6. The van der Waals surface area contributed by atoms with Gasteiger partial charge in [-0.2, -0.15) is 0 Å². The fraction of sp³-hybridized carbons (Fsp3) is 0.400. The van der Waals surface area contributed by atoms with E-state index in [0.29, 0.717) is 15.8 Å². The first-order chi connectivity index (χ1) is 6.67. The number of ether oxygens (including phenoxy) is 2. The molecular weight excluding hydrogens is 223 g/mol. The fourth-order valence-corrected chi connectivity index (χ4v) is 1.29. The van der Waals surface area contributed by atoms with Crippen LogP contribution in [-0.2, 0) is 4.74 Å². The van der Waals surface area contributed by atoms with Crippen LogP contribution in [0.1, 0.15) is 13.3 Å². The van der Waals surface area contributed by atoms with E-state index >= 15 is 0 Å². The van der Waals surface area contributed by atoms with E-state index in [0.717, 1.165) is 6.42 Å². The van der Waals surface area contributed by atoms with E-state index in [9.17, 15) is 0 Å². The molecule has 0 aromatic heterocycles. The molecule has 0 aliphatic carbocycles. The van der Waals surface area contributed by atoms with Crippen molar-refractivity contribution in [2.45, 2.75) is 19.6 Å². The third-order valence-electron chi connectivity index (χ3n) is 1.75. The molecule has 0 aliphatic rings. The normalized spacial score (nSPS) is 12.6. The van der Waals surface area contributed by atoms with Crippen molar-refractivity contribution in [1.82, 2.24) is 0 Å². The van der Waals surface area contributed by atoms with Crippen LogP contribution in [-0.4, -0.2) is 13.4 Å². The molecule has 1 aromatic rings. The van der Waals surface area contributed by atoms with E-state index in [1.807, 2.05) is 6.92 Å². The maximum atomic E-state index is 5.83. The van der Waals surface area contributed by atoms with E-state index < -0.39 is 0 Å². The van der Waals surface area contributed by atoms with Crippen LogP contribution in [0.15, 0.2) is 18.2 Å². The number of halogens is 2. The van der Waals surface area contributed by atoms with E-state index in [-0.39, 0.29) is 6.29 Å². The van der Waals surface area contributed by atoms with Crippen molar-refractivity contribution in [2.24, 2.45) is 0 Å². The van der Waals surface area contributed by atoms with Crippen molar-refractivity contribution in [1.29, 1.82) is 0 Å². The van der Waals surface area contributed by atoms with E-state index in [1.165, 1.54) is 0 Å². The molecule has 1 aromatic carbocycles. The molecule has 1 unspecified atom stereocenters.